The van der Waals surface area contributed by atoms with Crippen LogP contribution in [0, 0.1) is 0 Å². The van der Waals surface area contributed by atoms with Crippen LogP contribution in [0.15, 0.2) is 66.7 Å². The highest BCUT2D eigenvalue weighted by atomic mass is 16.5. The second kappa shape index (κ2) is 8.36. The van der Waals surface area contributed by atoms with Crippen LogP contribution in [-0.4, -0.2) is 30.0 Å². The molecule has 0 spiro atoms. The molecule has 0 saturated carbocycles. The lowest BCUT2D eigenvalue weighted by molar-refractivity contribution is -0.119. The summed E-state index contributed by atoms with van der Waals surface area (Å²) < 4.78 is 5.08. The van der Waals surface area contributed by atoms with Crippen LogP contribution in [0.2, 0.25) is 0 Å². The van der Waals surface area contributed by atoms with E-state index in [2.05, 4.69) is 5.32 Å². The summed E-state index contributed by atoms with van der Waals surface area (Å²) >= 11 is 0. The average Bonchev–Trinajstić information content (AvgIpc) is 2.81. The molecule has 0 aromatic heterocycles. The highest BCUT2D eigenvalue weighted by Gasteiger charge is 2.31. The van der Waals surface area contributed by atoms with Crippen LogP contribution in [0.4, 0.5) is 5.69 Å². The number of carbonyl (C=O) groups excluding carboxylic acids is 4. The van der Waals surface area contributed by atoms with Crippen molar-refractivity contribution in [3.8, 4) is 0 Å². The molecule has 0 heterocycles. The summed E-state index contributed by atoms with van der Waals surface area (Å²) in [5.41, 5.74) is 2.65. The average molecular weight is 413 g/mol. The van der Waals surface area contributed by atoms with E-state index in [-0.39, 0.29) is 28.4 Å². The maximum atomic E-state index is 13.0. The molecular weight excluding hydrogens is 394 g/mol. The Bertz CT molecular complexity index is 1210. The zero-order valence-corrected chi connectivity index (χ0v) is 16.8. The molecule has 6 heteroatoms. The minimum atomic E-state index is -0.618. The van der Waals surface area contributed by atoms with E-state index in [1.54, 1.807) is 54.6 Å². The van der Waals surface area contributed by atoms with Crippen LogP contribution >= 0.6 is 0 Å². The van der Waals surface area contributed by atoms with Gasteiger partial charge < -0.3 is 10.1 Å². The molecular formula is C25H19NO5. The number of carbonyl (C=O) groups is 4. The van der Waals surface area contributed by atoms with Gasteiger partial charge in [-0.15, -0.1) is 0 Å². The molecule has 0 unspecified atom stereocenters. The first-order valence-corrected chi connectivity index (χ1v) is 9.87. The smallest absolute Gasteiger partial charge is 0.338 e. The lowest BCUT2D eigenvalue weighted by Gasteiger charge is -2.20. The third kappa shape index (κ3) is 3.88. The summed E-state index contributed by atoms with van der Waals surface area (Å²) in [6.07, 6.45) is 0.852. The number of ketones is 2. The summed E-state index contributed by atoms with van der Waals surface area (Å²) in [4.78, 5) is 50.3. The standard InChI is InChI=1S/C25H19NO5/c1-2-15-10-12-16(13-11-15)25(30)31-14-21(27)26-20-9-5-8-19-22(20)24(29)18-7-4-3-6-17(18)23(19)28/h3-13H,2,14H2,1H3,(H,26,27). The number of aryl methyl sites for hydroxylation is 1. The van der Waals surface area contributed by atoms with Crippen LogP contribution in [0.5, 0.6) is 0 Å². The maximum Gasteiger partial charge on any atom is 0.338 e. The Kier molecular flexibility index (Phi) is 5.45. The second-order valence-corrected chi connectivity index (χ2v) is 7.11. The molecule has 1 N–H and O–H groups in total. The quantitative estimate of drug-likeness (QED) is 0.503. The number of hydrogen-bond acceptors (Lipinski definition) is 5. The van der Waals surface area contributed by atoms with Crippen LogP contribution in [0.1, 0.15) is 54.7 Å². The summed E-state index contributed by atoms with van der Waals surface area (Å²) in [5, 5.41) is 2.59. The van der Waals surface area contributed by atoms with Gasteiger partial charge in [0, 0.05) is 16.7 Å². The minimum Gasteiger partial charge on any atom is -0.452 e. The van der Waals surface area contributed by atoms with E-state index in [1.165, 1.54) is 0 Å². The van der Waals surface area contributed by atoms with Crippen molar-refractivity contribution in [2.45, 2.75) is 13.3 Å². The van der Waals surface area contributed by atoms with Gasteiger partial charge in [-0.05, 0) is 30.2 Å². The predicted octanol–water partition coefficient (Wildman–Crippen LogP) is 3.82. The highest BCUT2D eigenvalue weighted by Crippen LogP contribution is 2.31. The minimum absolute atomic E-state index is 0.140. The Balaban J connectivity index is 1.49. The van der Waals surface area contributed by atoms with Crippen molar-refractivity contribution in [1.29, 1.82) is 0 Å². The molecule has 1 aliphatic rings. The van der Waals surface area contributed by atoms with Gasteiger partial charge in [0.1, 0.15) is 0 Å². The van der Waals surface area contributed by atoms with Gasteiger partial charge in [-0.2, -0.15) is 0 Å². The SMILES string of the molecule is CCc1ccc(C(=O)OCC(=O)Nc2cccc3c2C(=O)c2ccccc2C3=O)cc1. The number of rotatable bonds is 5. The lowest BCUT2D eigenvalue weighted by Crippen LogP contribution is -2.26. The topological polar surface area (TPSA) is 89.5 Å². The molecule has 1 aliphatic carbocycles. The second-order valence-electron chi connectivity index (χ2n) is 7.11. The van der Waals surface area contributed by atoms with E-state index < -0.39 is 18.5 Å². The summed E-state index contributed by atoms with van der Waals surface area (Å²) in [5.74, 6) is -1.84. The van der Waals surface area contributed by atoms with E-state index in [0.717, 1.165) is 12.0 Å². The van der Waals surface area contributed by atoms with Gasteiger partial charge >= 0.3 is 5.97 Å². The van der Waals surface area contributed by atoms with Gasteiger partial charge in [-0.25, -0.2) is 4.79 Å². The van der Waals surface area contributed by atoms with Crippen molar-refractivity contribution in [2.24, 2.45) is 0 Å². The number of ether oxygens (including phenoxy) is 1. The fourth-order valence-corrected chi connectivity index (χ4v) is 3.53. The first-order valence-electron chi connectivity index (χ1n) is 9.87. The first-order chi connectivity index (χ1) is 15.0. The Morgan fingerprint density at radius 1 is 0.806 bits per heavy atom. The number of amides is 1. The zero-order chi connectivity index (χ0) is 22.0. The van der Waals surface area contributed by atoms with Crippen LogP contribution in [-0.2, 0) is 16.0 Å². The zero-order valence-electron chi connectivity index (χ0n) is 16.8. The van der Waals surface area contributed by atoms with E-state index in [1.807, 2.05) is 19.1 Å². The fourth-order valence-electron chi connectivity index (χ4n) is 3.53. The number of benzene rings is 3. The van der Waals surface area contributed by atoms with Crippen molar-refractivity contribution < 1.29 is 23.9 Å². The maximum absolute atomic E-state index is 13.0. The van der Waals surface area contributed by atoms with Gasteiger partial charge in [0.05, 0.1) is 16.8 Å². The van der Waals surface area contributed by atoms with Gasteiger partial charge in [0.15, 0.2) is 18.2 Å². The molecule has 3 aromatic rings. The third-order valence-electron chi connectivity index (χ3n) is 5.16. The molecule has 6 nitrogen and oxygen atoms in total. The van der Waals surface area contributed by atoms with Gasteiger partial charge in [0.25, 0.3) is 5.91 Å². The fraction of sp³-hybridized carbons (Fsp3) is 0.120. The van der Waals surface area contributed by atoms with Crippen molar-refractivity contribution in [3.63, 3.8) is 0 Å². The van der Waals surface area contributed by atoms with Crippen LogP contribution < -0.4 is 5.32 Å². The summed E-state index contributed by atoms with van der Waals surface area (Å²) in [6, 6.07) is 18.2. The number of esters is 1. The van der Waals surface area contributed by atoms with Gasteiger partial charge in [0.2, 0.25) is 0 Å². The van der Waals surface area contributed by atoms with Crippen molar-refractivity contribution in [1.82, 2.24) is 0 Å². The molecule has 31 heavy (non-hydrogen) atoms. The number of nitrogens with one attached hydrogen (secondary N) is 1. The van der Waals surface area contributed by atoms with Gasteiger partial charge in [-0.3, -0.25) is 14.4 Å². The number of fused-ring (bicyclic) bond motifs is 2. The molecule has 1 amide bonds. The monoisotopic (exact) mass is 413 g/mol. The Hall–Kier alpha value is -4.06. The Morgan fingerprint density at radius 3 is 2.13 bits per heavy atom. The molecule has 0 radical (unpaired) electrons. The normalized spacial score (nSPS) is 12.0. The molecule has 4 rings (SSSR count). The number of anilines is 1. The molecule has 0 saturated heterocycles. The molecule has 154 valence electrons. The lowest BCUT2D eigenvalue weighted by atomic mass is 9.83. The van der Waals surface area contributed by atoms with E-state index >= 15 is 0 Å². The summed E-state index contributed by atoms with van der Waals surface area (Å²) in [6.45, 7) is 1.49. The highest BCUT2D eigenvalue weighted by molar-refractivity contribution is 6.30. The summed E-state index contributed by atoms with van der Waals surface area (Å²) in [7, 11) is 0. The third-order valence-corrected chi connectivity index (χ3v) is 5.16. The van der Waals surface area contributed by atoms with Crippen LogP contribution in [0.3, 0.4) is 0 Å². The molecule has 3 aromatic carbocycles. The van der Waals surface area contributed by atoms with Crippen molar-refractivity contribution in [2.75, 3.05) is 11.9 Å². The largest absolute Gasteiger partial charge is 0.452 e. The number of hydrogen-bond donors (Lipinski definition) is 1. The molecule has 0 bridgehead atoms. The van der Waals surface area contributed by atoms with Crippen LogP contribution in [0.25, 0.3) is 0 Å². The van der Waals surface area contributed by atoms with Gasteiger partial charge in [-0.1, -0.05) is 55.5 Å². The predicted molar refractivity (Wildman–Crippen MR) is 114 cm³/mol. The Morgan fingerprint density at radius 2 is 1.45 bits per heavy atom. The molecule has 0 aliphatic heterocycles. The van der Waals surface area contributed by atoms with E-state index in [9.17, 15) is 19.2 Å². The molecule has 0 fully saturated rings. The Labute approximate surface area is 178 Å². The molecule has 0 atom stereocenters. The van der Waals surface area contributed by atoms with Crippen molar-refractivity contribution in [3.05, 3.63) is 100 Å². The first kappa shape index (κ1) is 20.2. The van der Waals surface area contributed by atoms with E-state index in [4.69, 9.17) is 4.74 Å². The van der Waals surface area contributed by atoms with Crippen molar-refractivity contribution >= 4 is 29.1 Å². The van der Waals surface area contributed by atoms with E-state index in [0.29, 0.717) is 16.7 Å².